The molecule has 148 valence electrons. The lowest BCUT2D eigenvalue weighted by atomic mass is 9.65. The second-order valence-electron chi connectivity index (χ2n) is 7.13. The Morgan fingerprint density at radius 1 is 0.467 bits per heavy atom. The Balaban J connectivity index is 2.10. The Morgan fingerprint density at radius 2 is 0.733 bits per heavy atom. The second kappa shape index (κ2) is 7.76. The van der Waals surface area contributed by atoms with Crippen molar-refractivity contribution in [2.75, 3.05) is 0 Å². The van der Waals surface area contributed by atoms with Crippen LogP contribution in [0.1, 0.15) is 32.6 Å². The van der Waals surface area contributed by atoms with Crippen LogP contribution in [0.15, 0.2) is 97.1 Å². The standard InChI is InChI=1S/C26H20O4/c27-17-18-1-3-19(4-2-18)26(20-5-11-23(28)12-6-20,21-7-13-24(29)14-8-21)22-9-15-25(30)16-10-22/h1-17,28-30H. The third kappa shape index (κ3) is 3.29. The van der Waals surface area contributed by atoms with Gasteiger partial charge in [-0.05, 0) is 58.7 Å². The minimum absolute atomic E-state index is 0.153. The molecule has 0 bridgehead atoms. The van der Waals surface area contributed by atoms with Gasteiger partial charge < -0.3 is 15.3 Å². The summed E-state index contributed by atoms with van der Waals surface area (Å²) in [5, 5.41) is 29.6. The molecule has 4 nitrogen and oxygen atoms in total. The maximum Gasteiger partial charge on any atom is 0.150 e. The molecule has 0 spiro atoms. The summed E-state index contributed by atoms with van der Waals surface area (Å²) in [6, 6.07) is 28.2. The Kier molecular flexibility index (Phi) is 4.98. The van der Waals surface area contributed by atoms with Crippen molar-refractivity contribution in [3.8, 4) is 17.2 Å². The van der Waals surface area contributed by atoms with Gasteiger partial charge in [-0.15, -0.1) is 0 Å². The van der Waals surface area contributed by atoms with Crippen LogP contribution >= 0.6 is 0 Å². The van der Waals surface area contributed by atoms with Gasteiger partial charge in [0.1, 0.15) is 23.5 Å². The predicted octanol–water partition coefficient (Wildman–Crippen LogP) is 5.00. The average Bonchev–Trinajstić information content (AvgIpc) is 2.78. The summed E-state index contributed by atoms with van der Waals surface area (Å²) < 4.78 is 0. The maximum atomic E-state index is 11.2. The van der Waals surface area contributed by atoms with E-state index >= 15 is 0 Å². The molecule has 0 atom stereocenters. The molecule has 0 radical (unpaired) electrons. The normalized spacial score (nSPS) is 11.2. The topological polar surface area (TPSA) is 77.8 Å². The van der Waals surface area contributed by atoms with E-state index in [-0.39, 0.29) is 17.2 Å². The van der Waals surface area contributed by atoms with E-state index < -0.39 is 5.41 Å². The highest BCUT2D eigenvalue weighted by Crippen LogP contribution is 2.46. The van der Waals surface area contributed by atoms with Gasteiger partial charge in [0, 0.05) is 5.56 Å². The number of hydrogen-bond acceptors (Lipinski definition) is 4. The van der Waals surface area contributed by atoms with Gasteiger partial charge in [-0.1, -0.05) is 60.7 Å². The maximum absolute atomic E-state index is 11.2. The molecular formula is C26H20O4. The SMILES string of the molecule is O=Cc1ccc(C(c2ccc(O)cc2)(c2ccc(O)cc2)c2ccc(O)cc2)cc1. The van der Waals surface area contributed by atoms with Gasteiger partial charge in [0.2, 0.25) is 0 Å². The molecule has 4 aromatic rings. The number of carbonyl (C=O) groups excluding carboxylic acids is 1. The number of benzene rings is 4. The van der Waals surface area contributed by atoms with Crippen molar-refractivity contribution in [1.82, 2.24) is 0 Å². The van der Waals surface area contributed by atoms with Gasteiger partial charge in [0.25, 0.3) is 0 Å². The van der Waals surface area contributed by atoms with Crippen LogP contribution in [0.5, 0.6) is 17.2 Å². The van der Waals surface area contributed by atoms with Crippen LogP contribution < -0.4 is 0 Å². The summed E-state index contributed by atoms with van der Waals surface area (Å²) >= 11 is 0. The Bertz CT molecular complexity index is 1030. The molecule has 0 aliphatic heterocycles. The zero-order chi connectivity index (χ0) is 21.1. The predicted molar refractivity (Wildman–Crippen MR) is 115 cm³/mol. The van der Waals surface area contributed by atoms with E-state index in [1.54, 1.807) is 48.5 Å². The molecule has 30 heavy (non-hydrogen) atoms. The smallest absolute Gasteiger partial charge is 0.150 e. The summed E-state index contributed by atoms with van der Waals surface area (Å²) in [6.07, 6.45) is 0.799. The van der Waals surface area contributed by atoms with Crippen LogP contribution in [0.4, 0.5) is 0 Å². The van der Waals surface area contributed by atoms with Gasteiger partial charge in [-0.2, -0.15) is 0 Å². The number of carbonyl (C=O) groups is 1. The molecule has 0 aromatic heterocycles. The van der Waals surface area contributed by atoms with Crippen LogP contribution in [0.3, 0.4) is 0 Å². The summed E-state index contributed by atoms with van der Waals surface area (Å²) in [5.74, 6) is 0.459. The van der Waals surface area contributed by atoms with Crippen molar-refractivity contribution in [2.45, 2.75) is 5.41 Å². The summed E-state index contributed by atoms with van der Waals surface area (Å²) in [7, 11) is 0. The third-order valence-corrected chi connectivity index (χ3v) is 5.38. The first-order chi connectivity index (χ1) is 14.5. The highest BCUT2D eigenvalue weighted by Gasteiger charge is 2.38. The Morgan fingerprint density at radius 3 is 1.00 bits per heavy atom. The lowest BCUT2D eigenvalue weighted by Crippen LogP contribution is -2.31. The van der Waals surface area contributed by atoms with E-state index in [0.717, 1.165) is 28.5 Å². The number of aldehydes is 1. The van der Waals surface area contributed by atoms with Crippen molar-refractivity contribution in [1.29, 1.82) is 0 Å². The van der Waals surface area contributed by atoms with Gasteiger partial charge in [-0.25, -0.2) is 0 Å². The van der Waals surface area contributed by atoms with Gasteiger partial charge >= 0.3 is 0 Å². The molecule has 0 unspecified atom stereocenters. The minimum Gasteiger partial charge on any atom is -0.508 e. The Hall–Kier alpha value is -4.05. The van der Waals surface area contributed by atoms with Gasteiger partial charge in [0.05, 0.1) is 5.41 Å². The third-order valence-electron chi connectivity index (χ3n) is 5.38. The van der Waals surface area contributed by atoms with Crippen molar-refractivity contribution in [3.63, 3.8) is 0 Å². The van der Waals surface area contributed by atoms with E-state index in [1.807, 2.05) is 48.5 Å². The molecule has 0 aliphatic carbocycles. The summed E-state index contributed by atoms with van der Waals surface area (Å²) in [5.41, 5.74) is 3.31. The minimum atomic E-state index is -0.809. The molecule has 0 heterocycles. The highest BCUT2D eigenvalue weighted by molar-refractivity contribution is 5.75. The molecule has 4 heteroatoms. The van der Waals surface area contributed by atoms with Crippen molar-refractivity contribution in [2.24, 2.45) is 0 Å². The van der Waals surface area contributed by atoms with Crippen LogP contribution in [0.2, 0.25) is 0 Å². The molecule has 0 saturated carbocycles. The molecule has 0 amide bonds. The molecule has 3 N–H and O–H groups in total. The van der Waals surface area contributed by atoms with Crippen LogP contribution in [0.25, 0.3) is 0 Å². The van der Waals surface area contributed by atoms with E-state index in [1.165, 1.54) is 0 Å². The monoisotopic (exact) mass is 396 g/mol. The molecule has 4 rings (SSSR count). The van der Waals surface area contributed by atoms with E-state index in [9.17, 15) is 20.1 Å². The van der Waals surface area contributed by atoms with Crippen molar-refractivity contribution in [3.05, 3.63) is 125 Å². The second-order valence-corrected chi connectivity index (χ2v) is 7.13. The quantitative estimate of drug-likeness (QED) is 0.328. The number of aromatic hydroxyl groups is 3. The lowest BCUT2D eigenvalue weighted by Gasteiger charge is -2.37. The zero-order valence-electron chi connectivity index (χ0n) is 16.1. The fourth-order valence-corrected chi connectivity index (χ4v) is 3.95. The van der Waals surface area contributed by atoms with Crippen molar-refractivity contribution >= 4 is 6.29 Å². The van der Waals surface area contributed by atoms with E-state index in [4.69, 9.17) is 0 Å². The first kappa shape index (κ1) is 19.3. The first-order valence-electron chi connectivity index (χ1n) is 9.48. The van der Waals surface area contributed by atoms with Crippen molar-refractivity contribution < 1.29 is 20.1 Å². The van der Waals surface area contributed by atoms with Crippen LogP contribution in [0, 0.1) is 0 Å². The molecule has 0 saturated heterocycles. The van der Waals surface area contributed by atoms with E-state index in [2.05, 4.69) is 0 Å². The largest absolute Gasteiger partial charge is 0.508 e. The number of phenolic OH excluding ortho intramolecular Hbond substituents is 3. The Labute approximate surface area is 174 Å². The lowest BCUT2D eigenvalue weighted by molar-refractivity contribution is 0.112. The van der Waals surface area contributed by atoms with E-state index in [0.29, 0.717) is 5.56 Å². The first-order valence-corrected chi connectivity index (χ1v) is 9.48. The van der Waals surface area contributed by atoms with Gasteiger partial charge in [-0.3, -0.25) is 4.79 Å². The fraction of sp³-hybridized carbons (Fsp3) is 0.0385. The molecular weight excluding hydrogens is 376 g/mol. The summed E-state index contributed by atoms with van der Waals surface area (Å²) in [4.78, 5) is 11.2. The summed E-state index contributed by atoms with van der Waals surface area (Å²) in [6.45, 7) is 0. The number of hydrogen-bond donors (Lipinski definition) is 3. The molecule has 0 aliphatic rings. The van der Waals surface area contributed by atoms with Crippen LogP contribution in [-0.2, 0) is 5.41 Å². The number of rotatable bonds is 5. The highest BCUT2D eigenvalue weighted by atomic mass is 16.3. The fourth-order valence-electron chi connectivity index (χ4n) is 3.95. The van der Waals surface area contributed by atoms with Crippen LogP contribution in [-0.4, -0.2) is 21.6 Å². The van der Waals surface area contributed by atoms with Gasteiger partial charge in [0.15, 0.2) is 0 Å². The number of phenols is 3. The molecule has 4 aromatic carbocycles. The zero-order valence-corrected chi connectivity index (χ0v) is 16.1. The average molecular weight is 396 g/mol. The molecule has 0 fully saturated rings.